The molecule has 0 aliphatic carbocycles. The van der Waals surface area contributed by atoms with E-state index in [-0.39, 0.29) is 34.7 Å². The molecule has 1 atom stereocenters. The molecule has 25 heavy (non-hydrogen) atoms. The van der Waals surface area contributed by atoms with Gasteiger partial charge in [0.15, 0.2) is 0 Å². The van der Waals surface area contributed by atoms with Crippen LogP contribution < -0.4 is 10.3 Å². The number of rotatable bonds is 2. The molecule has 3 heterocycles. The minimum absolute atomic E-state index is 0.00243. The van der Waals surface area contributed by atoms with Gasteiger partial charge in [-0.25, -0.2) is 13.4 Å². The highest BCUT2D eigenvalue weighted by Crippen LogP contribution is 2.38. The second kappa shape index (κ2) is 5.82. The summed E-state index contributed by atoms with van der Waals surface area (Å²) in [6.07, 6.45) is 2.33. The van der Waals surface area contributed by atoms with Crippen LogP contribution in [0.3, 0.4) is 0 Å². The van der Waals surface area contributed by atoms with Crippen molar-refractivity contribution >= 4 is 21.6 Å². The van der Waals surface area contributed by atoms with Crippen molar-refractivity contribution in [3.8, 4) is 5.75 Å². The Morgan fingerprint density at radius 3 is 3.00 bits per heavy atom. The molecule has 2 aromatic rings. The second-order valence-corrected chi connectivity index (χ2v) is 8.62. The minimum Gasteiger partial charge on any atom is -0.489 e. The Morgan fingerprint density at radius 2 is 2.20 bits per heavy atom. The van der Waals surface area contributed by atoms with Gasteiger partial charge in [0.1, 0.15) is 11.9 Å². The zero-order valence-corrected chi connectivity index (χ0v) is 15.0. The molecule has 1 aromatic heterocycles. The standard InChI is InChI=1S/C16H16ClN3O4S/c1-9-4-10-5-11(6-13(17)15(10)24-9)25(22,23)20-3-2-14-12(7-20)16(21)19-8-18-14/h5-6,8-9H,2-4,7H2,1H3,(H,18,19,21)/t9-/m1/s1. The number of aromatic nitrogens is 2. The normalized spacial score (nSPS) is 20.0. The molecule has 9 heteroatoms. The number of hydrogen-bond acceptors (Lipinski definition) is 5. The zero-order valence-electron chi connectivity index (χ0n) is 13.5. The van der Waals surface area contributed by atoms with E-state index in [4.69, 9.17) is 16.3 Å². The first-order valence-electron chi connectivity index (χ1n) is 7.91. The molecular weight excluding hydrogens is 366 g/mol. The fraction of sp³-hybridized carbons (Fsp3) is 0.375. The molecule has 0 amide bonds. The van der Waals surface area contributed by atoms with Crippen molar-refractivity contribution < 1.29 is 13.2 Å². The van der Waals surface area contributed by atoms with Gasteiger partial charge in [0.05, 0.1) is 27.5 Å². The van der Waals surface area contributed by atoms with Gasteiger partial charge in [-0.05, 0) is 19.1 Å². The number of hydrogen-bond donors (Lipinski definition) is 1. The van der Waals surface area contributed by atoms with Crippen LogP contribution in [0.25, 0.3) is 0 Å². The summed E-state index contributed by atoms with van der Waals surface area (Å²) in [6, 6.07) is 3.03. The number of H-pyrrole nitrogens is 1. The first-order chi connectivity index (χ1) is 11.9. The fourth-order valence-electron chi connectivity index (χ4n) is 3.29. The lowest BCUT2D eigenvalue weighted by atomic mass is 10.1. The molecule has 0 radical (unpaired) electrons. The molecule has 0 unspecified atom stereocenters. The average Bonchev–Trinajstić information content (AvgIpc) is 2.96. The highest BCUT2D eigenvalue weighted by Gasteiger charge is 2.32. The largest absolute Gasteiger partial charge is 0.489 e. The number of nitrogens with zero attached hydrogens (tertiary/aromatic N) is 2. The Morgan fingerprint density at radius 1 is 1.40 bits per heavy atom. The smallest absolute Gasteiger partial charge is 0.255 e. The van der Waals surface area contributed by atoms with E-state index < -0.39 is 10.0 Å². The van der Waals surface area contributed by atoms with E-state index in [1.54, 1.807) is 6.07 Å². The molecule has 1 N–H and O–H groups in total. The third-order valence-electron chi connectivity index (χ3n) is 4.53. The van der Waals surface area contributed by atoms with E-state index in [2.05, 4.69) is 9.97 Å². The van der Waals surface area contributed by atoms with E-state index in [0.717, 1.165) is 5.56 Å². The summed E-state index contributed by atoms with van der Waals surface area (Å²) < 4.78 is 33.0. The Hall–Kier alpha value is -1.90. The monoisotopic (exact) mass is 381 g/mol. The number of aromatic amines is 1. The molecule has 0 spiro atoms. The quantitative estimate of drug-likeness (QED) is 0.850. The zero-order chi connectivity index (χ0) is 17.8. The van der Waals surface area contributed by atoms with Crippen molar-refractivity contribution in [1.29, 1.82) is 0 Å². The lowest BCUT2D eigenvalue weighted by molar-refractivity contribution is 0.255. The highest BCUT2D eigenvalue weighted by atomic mass is 35.5. The maximum absolute atomic E-state index is 13.0. The van der Waals surface area contributed by atoms with Crippen molar-refractivity contribution in [2.75, 3.05) is 6.54 Å². The van der Waals surface area contributed by atoms with Gasteiger partial charge in [-0.15, -0.1) is 0 Å². The lowest BCUT2D eigenvalue weighted by Crippen LogP contribution is -2.39. The summed E-state index contributed by atoms with van der Waals surface area (Å²) in [6.45, 7) is 2.18. The van der Waals surface area contributed by atoms with Crippen molar-refractivity contribution in [2.24, 2.45) is 0 Å². The fourth-order valence-corrected chi connectivity index (χ4v) is 5.13. The van der Waals surface area contributed by atoms with Crippen LogP contribution in [0.5, 0.6) is 5.75 Å². The Labute approximate surface area is 149 Å². The van der Waals surface area contributed by atoms with E-state index in [0.29, 0.717) is 29.8 Å². The van der Waals surface area contributed by atoms with Crippen molar-refractivity contribution in [3.05, 3.63) is 50.7 Å². The van der Waals surface area contributed by atoms with Crippen LogP contribution in [0.4, 0.5) is 0 Å². The average molecular weight is 382 g/mol. The number of sulfonamides is 1. The molecule has 2 aliphatic heterocycles. The number of halogens is 1. The molecule has 0 fully saturated rings. The van der Waals surface area contributed by atoms with Crippen LogP contribution in [0, 0.1) is 0 Å². The van der Waals surface area contributed by atoms with Crippen LogP contribution in [0.2, 0.25) is 5.02 Å². The number of fused-ring (bicyclic) bond motifs is 2. The van der Waals surface area contributed by atoms with Crippen molar-refractivity contribution in [1.82, 2.24) is 14.3 Å². The summed E-state index contributed by atoms with van der Waals surface area (Å²) >= 11 is 6.22. The third-order valence-corrected chi connectivity index (χ3v) is 6.63. The Kier molecular flexibility index (Phi) is 3.86. The van der Waals surface area contributed by atoms with Crippen LogP contribution in [-0.4, -0.2) is 35.3 Å². The summed E-state index contributed by atoms with van der Waals surface area (Å²) in [5.41, 5.74) is 1.51. The molecular formula is C16H16ClN3O4S. The molecule has 2 aliphatic rings. The van der Waals surface area contributed by atoms with E-state index in [9.17, 15) is 13.2 Å². The van der Waals surface area contributed by atoms with Gasteiger partial charge >= 0.3 is 0 Å². The van der Waals surface area contributed by atoms with Gasteiger partial charge in [0.25, 0.3) is 5.56 Å². The molecule has 0 saturated carbocycles. The van der Waals surface area contributed by atoms with Gasteiger partial charge in [-0.1, -0.05) is 11.6 Å². The van der Waals surface area contributed by atoms with Gasteiger partial charge in [-0.2, -0.15) is 4.31 Å². The Bertz CT molecular complexity index is 1020. The Balaban J connectivity index is 1.72. The van der Waals surface area contributed by atoms with Crippen LogP contribution in [0.1, 0.15) is 23.7 Å². The van der Waals surface area contributed by atoms with Crippen LogP contribution in [0.15, 0.2) is 28.2 Å². The van der Waals surface area contributed by atoms with Crippen LogP contribution in [-0.2, 0) is 29.4 Å². The van der Waals surface area contributed by atoms with Crippen molar-refractivity contribution in [2.45, 2.75) is 37.3 Å². The topological polar surface area (TPSA) is 92.4 Å². The third kappa shape index (κ3) is 2.74. The van der Waals surface area contributed by atoms with Crippen molar-refractivity contribution in [3.63, 3.8) is 0 Å². The molecule has 4 rings (SSSR count). The summed E-state index contributed by atoms with van der Waals surface area (Å²) in [7, 11) is -3.77. The number of benzene rings is 1. The summed E-state index contributed by atoms with van der Waals surface area (Å²) in [4.78, 5) is 18.7. The first kappa shape index (κ1) is 16.6. The molecule has 0 bridgehead atoms. The molecule has 1 aromatic carbocycles. The predicted molar refractivity (Wildman–Crippen MR) is 91.4 cm³/mol. The van der Waals surface area contributed by atoms with Gasteiger partial charge in [0, 0.05) is 31.5 Å². The summed E-state index contributed by atoms with van der Waals surface area (Å²) in [5, 5.41) is 0.289. The number of nitrogens with one attached hydrogen (secondary N) is 1. The lowest BCUT2D eigenvalue weighted by Gasteiger charge is -2.26. The van der Waals surface area contributed by atoms with E-state index in [1.807, 2.05) is 6.92 Å². The SMILES string of the molecule is C[C@@H]1Cc2cc(S(=O)(=O)N3CCc4nc[nH]c(=O)c4C3)cc(Cl)c2O1. The molecule has 132 valence electrons. The minimum atomic E-state index is -3.77. The number of ether oxygens (including phenoxy) is 1. The highest BCUT2D eigenvalue weighted by molar-refractivity contribution is 7.89. The summed E-state index contributed by atoms with van der Waals surface area (Å²) in [5.74, 6) is 0.553. The first-order valence-corrected chi connectivity index (χ1v) is 9.72. The van der Waals surface area contributed by atoms with Gasteiger partial charge in [-0.3, -0.25) is 4.79 Å². The maximum atomic E-state index is 13.0. The van der Waals surface area contributed by atoms with E-state index in [1.165, 1.54) is 16.7 Å². The molecule has 7 nitrogen and oxygen atoms in total. The predicted octanol–water partition coefficient (Wildman–Crippen LogP) is 1.49. The maximum Gasteiger partial charge on any atom is 0.255 e. The second-order valence-electron chi connectivity index (χ2n) is 6.27. The van der Waals surface area contributed by atoms with Gasteiger partial charge < -0.3 is 9.72 Å². The molecule has 0 saturated heterocycles. The van der Waals surface area contributed by atoms with Crippen LogP contribution >= 0.6 is 11.6 Å². The van der Waals surface area contributed by atoms with E-state index >= 15 is 0 Å². The van der Waals surface area contributed by atoms with Gasteiger partial charge in [0.2, 0.25) is 10.0 Å².